The molecule has 3 amide bonds. The summed E-state index contributed by atoms with van der Waals surface area (Å²) in [7, 11) is 0. The van der Waals surface area contributed by atoms with Gasteiger partial charge in [0.15, 0.2) is 0 Å². The molecule has 142 valence electrons. The quantitative estimate of drug-likeness (QED) is 0.822. The molecule has 2 N–H and O–H groups in total. The van der Waals surface area contributed by atoms with Gasteiger partial charge in [0.1, 0.15) is 0 Å². The van der Waals surface area contributed by atoms with E-state index in [0.29, 0.717) is 37.0 Å². The number of hydrogen-bond donors (Lipinski definition) is 2. The average Bonchev–Trinajstić information content (AvgIpc) is 2.65. The van der Waals surface area contributed by atoms with Gasteiger partial charge in [0.2, 0.25) is 5.91 Å². The smallest absolute Gasteiger partial charge is 0.317 e. The van der Waals surface area contributed by atoms with E-state index in [4.69, 9.17) is 11.6 Å². The fourth-order valence-corrected chi connectivity index (χ4v) is 3.99. The highest BCUT2D eigenvalue weighted by molar-refractivity contribution is 6.31. The Morgan fingerprint density at radius 1 is 1.08 bits per heavy atom. The summed E-state index contributed by atoms with van der Waals surface area (Å²) in [5, 5.41) is 6.76. The van der Waals surface area contributed by atoms with Crippen LogP contribution in [0.25, 0.3) is 0 Å². The normalized spacial score (nSPS) is 19.2. The highest BCUT2D eigenvalue weighted by Crippen LogP contribution is 2.24. The van der Waals surface area contributed by atoms with Gasteiger partial charge in [0.25, 0.3) is 0 Å². The van der Waals surface area contributed by atoms with Crippen molar-refractivity contribution in [2.24, 2.45) is 5.92 Å². The molecule has 1 aliphatic heterocycles. The Labute approximate surface area is 160 Å². The fraction of sp³-hybridized carbons (Fsp3) is 0.600. The molecule has 0 atom stereocenters. The van der Waals surface area contributed by atoms with Crippen molar-refractivity contribution in [2.45, 2.75) is 57.9 Å². The number of hydrogen-bond acceptors (Lipinski definition) is 2. The van der Waals surface area contributed by atoms with Gasteiger partial charge in [0, 0.05) is 35.8 Å². The van der Waals surface area contributed by atoms with E-state index in [2.05, 4.69) is 10.6 Å². The van der Waals surface area contributed by atoms with Gasteiger partial charge in [-0.15, -0.1) is 0 Å². The zero-order valence-electron chi connectivity index (χ0n) is 15.4. The van der Waals surface area contributed by atoms with Crippen molar-refractivity contribution in [3.8, 4) is 0 Å². The van der Waals surface area contributed by atoms with Crippen LogP contribution in [0, 0.1) is 12.8 Å². The number of nitrogens with one attached hydrogen (secondary N) is 2. The van der Waals surface area contributed by atoms with Crippen molar-refractivity contribution < 1.29 is 9.59 Å². The number of anilines is 1. The van der Waals surface area contributed by atoms with Crippen LogP contribution in [0.15, 0.2) is 18.2 Å². The predicted octanol–water partition coefficient (Wildman–Crippen LogP) is 4.34. The van der Waals surface area contributed by atoms with Crippen LogP contribution in [0.4, 0.5) is 10.5 Å². The van der Waals surface area contributed by atoms with Crippen LogP contribution in [0.2, 0.25) is 5.02 Å². The fourth-order valence-electron chi connectivity index (χ4n) is 3.82. The maximum absolute atomic E-state index is 12.6. The lowest BCUT2D eigenvalue weighted by Crippen LogP contribution is -2.49. The highest BCUT2D eigenvalue weighted by atomic mass is 35.5. The SMILES string of the molecule is Cc1ccc(Cl)cc1NC(=O)C1CCN(C(=O)NC2CCCCC2)CC1. The summed E-state index contributed by atoms with van der Waals surface area (Å²) in [6, 6.07) is 5.85. The lowest BCUT2D eigenvalue weighted by atomic mass is 9.95. The third kappa shape index (κ3) is 4.91. The molecule has 1 heterocycles. The Bertz CT molecular complexity index is 650. The molecule has 0 radical (unpaired) electrons. The van der Waals surface area contributed by atoms with Crippen LogP contribution in [0.1, 0.15) is 50.5 Å². The van der Waals surface area contributed by atoms with E-state index >= 15 is 0 Å². The van der Waals surface area contributed by atoms with Crippen molar-refractivity contribution in [3.63, 3.8) is 0 Å². The van der Waals surface area contributed by atoms with Crippen LogP contribution < -0.4 is 10.6 Å². The predicted molar refractivity (Wildman–Crippen MR) is 105 cm³/mol. The Balaban J connectivity index is 1.47. The highest BCUT2D eigenvalue weighted by Gasteiger charge is 2.28. The van der Waals surface area contributed by atoms with Crippen molar-refractivity contribution in [1.82, 2.24) is 10.2 Å². The maximum atomic E-state index is 12.6. The minimum Gasteiger partial charge on any atom is -0.335 e. The zero-order valence-corrected chi connectivity index (χ0v) is 16.1. The van der Waals surface area contributed by atoms with E-state index in [9.17, 15) is 9.59 Å². The van der Waals surface area contributed by atoms with Crippen LogP contribution in [-0.2, 0) is 4.79 Å². The van der Waals surface area contributed by atoms with Gasteiger partial charge in [-0.1, -0.05) is 36.9 Å². The molecule has 1 saturated heterocycles. The second-order valence-electron chi connectivity index (χ2n) is 7.49. The van der Waals surface area contributed by atoms with E-state index in [0.717, 1.165) is 24.1 Å². The van der Waals surface area contributed by atoms with Crippen molar-refractivity contribution in [2.75, 3.05) is 18.4 Å². The van der Waals surface area contributed by atoms with Crippen molar-refractivity contribution >= 4 is 29.2 Å². The van der Waals surface area contributed by atoms with E-state index in [1.165, 1.54) is 19.3 Å². The Hall–Kier alpha value is -1.75. The number of benzene rings is 1. The molecule has 1 aromatic rings. The molecular formula is C20H28ClN3O2. The second kappa shape index (κ2) is 8.76. The monoisotopic (exact) mass is 377 g/mol. The summed E-state index contributed by atoms with van der Waals surface area (Å²) in [5.41, 5.74) is 1.76. The minimum absolute atomic E-state index is 0.0164. The third-order valence-corrected chi connectivity index (χ3v) is 5.78. The van der Waals surface area contributed by atoms with Gasteiger partial charge in [0.05, 0.1) is 0 Å². The first-order valence-corrected chi connectivity index (χ1v) is 10.0. The summed E-state index contributed by atoms with van der Waals surface area (Å²) in [5.74, 6) is -0.0465. The molecule has 0 aromatic heterocycles. The van der Waals surface area contributed by atoms with Crippen LogP contribution in [-0.4, -0.2) is 36.0 Å². The number of carbonyl (C=O) groups is 2. The summed E-state index contributed by atoms with van der Waals surface area (Å²) in [6.45, 7) is 3.21. The number of nitrogens with zero attached hydrogens (tertiary/aromatic N) is 1. The van der Waals surface area contributed by atoms with Gasteiger partial charge in [-0.05, 0) is 50.3 Å². The molecule has 5 nitrogen and oxygen atoms in total. The first-order chi connectivity index (χ1) is 12.5. The van der Waals surface area contributed by atoms with Crippen molar-refractivity contribution in [3.05, 3.63) is 28.8 Å². The van der Waals surface area contributed by atoms with Crippen LogP contribution >= 0.6 is 11.6 Å². The summed E-state index contributed by atoms with van der Waals surface area (Å²) in [4.78, 5) is 26.8. The number of rotatable bonds is 3. The third-order valence-electron chi connectivity index (χ3n) is 5.54. The molecule has 6 heteroatoms. The van der Waals surface area contributed by atoms with Gasteiger partial charge in [-0.3, -0.25) is 4.79 Å². The lowest BCUT2D eigenvalue weighted by Gasteiger charge is -2.33. The van der Waals surface area contributed by atoms with Gasteiger partial charge >= 0.3 is 6.03 Å². The lowest BCUT2D eigenvalue weighted by molar-refractivity contribution is -0.121. The van der Waals surface area contributed by atoms with E-state index in [1.807, 2.05) is 24.0 Å². The molecule has 26 heavy (non-hydrogen) atoms. The molecule has 0 unspecified atom stereocenters. The van der Waals surface area contributed by atoms with E-state index in [1.54, 1.807) is 6.07 Å². The van der Waals surface area contributed by atoms with Crippen LogP contribution in [0.5, 0.6) is 0 Å². The molecular weight excluding hydrogens is 350 g/mol. The molecule has 1 aliphatic carbocycles. The van der Waals surface area contributed by atoms with E-state index in [-0.39, 0.29) is 17.9 Å². The maximum Gasteiger partial charge on any atom is 0.317 e. The molecule has 0 spiro atoms. The molecule has 1 saturated carbocycles. The van der Waals surface area contributed by atoms with Gasteiger partial charge < -0.3 is 15.5 Å². The number of aryl methyl sites for hydroxylation is 1. The number of amides is 3. The van der Waals surface area contributed by atoms with Gasteiger partial charge in [-0.2, -0.15) is 0 Å². The second-order valence-corrected chi connectivity index (χ2v) is 7.93. The number of halogens is 1. The Kier molecular flexibility index (Phi) is 6.41. The molecule has 2 aliphatic rings. The summed E-state index contributed by atoms with van der Waals surface area (Å²) in [6.07, 6.45) is 7.26. The number of urea groups is 1. The summed E-state index contributed by atoms with van der Waals surface area (Å²) >= 11 is 6.02. The van der Waals surface area contributed by atoms with E-state index < -0.39 is 0 Å². The zero-order chi connectivity index (χ0) is 18.5. The largest absolute Gasteiger partial charge is 0.335 e. The van der Waals surface area contributed by atoms with Crippen molar-refractivity contribution in [1.29, 1.82) is 0 Å². The number of carbonyl (C=O) groups excluding carboxylic acids is 2. The number of piperidine rings is 1. The minimum atomic E-state index is -0.0629. The average molecular weight is 378 g/mol. The topological polar surface area (TPSA) is 61.4 Å². The first-order valence-electron chi connectivity index (χ1n) is 9.65. The first kappa shape index (κ1) is 19.0. The Morgan fingerprint density at radius 3 is 2.46 bits per heavy atom. The Morgan fingerprint density at radius 2 is 1.77 bits per heavy atom. The summed E-state index contributed by atoms with van der Waals surface area (Å²) < 4.78 is 0. The van der Waals surface area contributed by atoms with Gasteiger partial charge in [-0.25, -0.2) is 4.79 Å². The molecule has 3 rings (SSSR count). The number of likely N-dealkylation sites (tertiary alicyclic amines) is 1. The standard InChI is InChI=1S/C20H28ClN3O2/c1-14-7-8-16(21)13-18(14)23-19(25)15-9-11-24(12-10-15)20(26)22-17-5-3-2-4-6-17/h7-8,13,15,17H,2-6,9-12H2,1H3,(H,22,26)(H,23,25). The molecule has 1 aromatic carbocycles. The molecule has 0 bridgehead atoms. The van der Waals surface area contributed by atoms with Crippen LogP contribution in [0.3, 0.4) is 0 Å². The molecule has 2 fully saturated rings.